The topological polar surface area (TPSA) is 59.8 Å². The van der Waals surface area contributed by atoms with Gasteiger partial charge in [0.1, 0.15) is 29.5 Å². The fourth-order valence-corrected chi connectivity index (χ4v) is 1.87. The number of pyridine rings is 1. The molecule has 0 unspecified atom stereocenters. The van der Waals surface area contributed by atoms with Crippen LogP contribution in [0.15, 0.2) is 55.1 Å². The van der Waals surface area contributed by atoms with E-state index in [-0.39, 0.29) is 11.4 Å². The highest BCUT2D eigenvalue weighted by atomic mass is 19.1. The molecule has 3 rings (SSSR count). The van der Waals surface area contributed by atoms with Crippen molar-refractivity contribution in [2.75, 3.05) is 5.32 Å². The standard InChI is InChI=1S/C15H10F2N4O/c16-10-4-5-12(11(17)8-10)20-15(22)13-2-1-3-14(19-13)21-7-6-18-9-21/h1-9H,(H,20,22). The highest BCUT2D eigenvalue weighted by Crippen LogP contribution is 2.16. The summed E-state index contributed by atoms with van der Waals surface area (Å²) in [5.41, 5.74) is -0.00356. The van der Waals surface area contributed by atoms with Crippen molar-refractivity contribution < 1.29 is 13.6 Å². The van der Waals surface area contributed by atoms with E-state index in [9.17, 15) is 13.6 Å². The smallest absolute Gasteiger partial charge is 0.274 e. The number of carbonyl (C=O) groups excluding carboxylic acids is 1. The summed E-state index contributed by atoms with van der Waals surface area (Å²) in [5, 5.41) is 2.36. The molecule has 1 aromatic carbocycles. The Hall–Kier alpha value is -3.09. The summed E-state index contributed by atoms with van der Waals surface area (Å²) in [6.45, 7) is 0. The number of carbonyl (C=O) groups is 1. The summed E-state index contributed by atoms with van der Waals surface area (Å²) in [6, 6.07) is 7.77. The minimum Gasteiger partial charge on any atom is -0.318 e. The molecule has 0 spiro atoms. The molecular weight excluding hydrogens is 290 g/mol. The second kappa shape index (κ2) is 5.72. The van der Waals surface area contributed by atoms with Crippen LogP contribution in [0, 0.1) is 11.6 Å². The van der Waals surface area contributed by atoms with Crippen LogP contribution in [0.3, 0.4) is 0 Å². The molecule has 0 fully saturated rings. The fourth-order valence-electron chi connectivity index (χ4n) is 1.87. The van der Waals surface area contributed by atoms with E-state index in [4.69, 9.17) is 0 Å². The number of rotatable bonds is 3. The molecule has 2 heterocycles. The van der Waals surface area contributed by atoms with Crippen molar-refractivity contribution >= 4 is 11.6 Å². The number of hydrogen-bond acceptors (Lipinski definition) is 3. The number of imidazole rings is 1. The van der Waals surface area contributed by atoms with Crippen LogP contribution in [0.1, 0.15) is 10.5 Å². The Kier molecular flexibility index (Phi) is 3.61. The Morgan fingerprint density at radius 3 is 2.77 bits per heavy atom. The van der Waals surface area contributed by atoms with Crippen LogP contribution < -0.4 is 5.32 Å². The van der Waals surface area contributed by atoms with Gasteiger partial charge in [0.2, 0.25) is 0 Å². The largest absolute Gasteiger partial charge is 0.318 e. The number of nitrogens with one attached hydrogen (secondary N) is 1. The van der Waals surface area contributed by atoms with Gasteiger partial charge in [0.25, 0.3) is 5.91 Å². The third kappa shape index (κ3) is 2.83. The first-order valence-electron chi connectivity index (χ1n) is 6.35. The Bertz CT molecular complexity index is 818. The number of amides is 1. The monoisotopic (exact) mass is 300 g/mol. The lowest BCUT2D eigenvalue weighted by Gasteiger charge is -2.07. The van der Waals surface area contributed by atoms with Crippen molar-refractivity contribution in [3.05, 3.63) is 72.4 Å². The Balaban J connectivity index is 1.85. The van der Waals surface area contributed by atoms with Gasteiger partial charge in [0.15, 0.2) is 0 Å². The van der Waals surface area contributed by atoms with E-state index in [2.05, 4.69) is 15.3 Å². The number of halogens is 2. The normalized spacial score (nSPS) is 10.5. The highest BCUT2D eigenvalue weighted by molar-refractivity contribution is 6.03. The fraction of sp³-hybridized carbons (Fsp3) is 0. The van der Waals surface area contributed by atoms with Crippen LogP contribution in [0.2, 0.25) is 0 Å². The second-order valence-electron chi connectivity index (χ2n) is 4.43. The van der Waals surface area contributed by atoms with Crippen molar-refractivity contribution in [2.24, 2.45) is 0 Å². The zero-order chi connectivity index (χ0) is 15.5. The van der Waals surface area contributed by atoms with Crippen LogP contribution in [-0.2, 0) is 0 Å². The van der Waals surface area contributed by atoms with E-state index in [0.717, 1.165) is 12.1 Å². The highest BCUT2D eigenvalue weighted by Gasteiger charge is 2.12. The van der Waals surface area contributed by atoms with Crippen LogP contribution >= 0.6 is 0 Å². The molecule has 0 aliphatic heterocycles. The summed E-state index contributed by atoms with van der Waals surface area (Å²) in [5.74, 6) is -1.65. The lowest BCUT2D eigenvalue weighted by molar-refractivity contribution is 0.102. The molecule has 0 aliphatic rings. The maximum atomic E-state index is 13.5. The zero-order valence-electron chi connectivity index (χ0n) is 11.2. The molecule has 3 aromatic rings. The average Bonchev–Trinajstić information content (AvgIpc) is 3.04. The molecule has 0 aliphatic carbocycles. The molecule has 7 heteroatoms. The molecule has 0 saturated carbocycles. The van der Waals surface area contributed by atoms with Gasteiger partial charge in [0, 0.05) is 18.5 Å². The number of hydrogen-bond donors (Lipinski definition) is 1. The van der Waals surface area contributed by atoms with E-state index < -0.39 is 17.5 Å². The van der Waals surface area contributed by atoms with Crippen molar-refractivity contribution in [2.45, 2.75) is 0 Å². The third-order valence-electron chi connectivity index (χ3n) is 2.92. The Labute approximate surface area is 124 Å². The first-order valence-corrected chi connectivity index (χ1v) is 6.35. The first-order chi connectivity index (χ1) is 10.6. The summed E-state index contributed by atoms with van der Waals surface area (Å²) in [4.78, 5) is 20.2. The SMILES string of the molecule is O=C(Nc1ccc(F)cc1F)c1cccc(-n2ccnc2)n1. The first kappa shape index (κ1) is 13.9. The quantitative estimate of drug-likeness (QED) is 0.809. The van der Waals surface area contributed by atoms with Crippen LogP contribution in [0.25, 0.3) is 5.82 Å². The second-order valence-corrected chi connectivity index (χ2v) is 4.43. The van der Waals surface area contributed by atoms with E-state index in [0.29, 0.717) is 11.9 Å². The number of aromatic nitrogens is 3. The van der Waals surface area contributed by atoms with E-state index in [1.165, 1.54) is 6.07 Å². The lowest BCUT2D eigenvalue weighted by Crippen LogP contribution is -2.15. The molecule has 1 N–H and O–H groups in total. The van der Waals surface area contributed by atoms with Crippen LogP contribution in [0.5, 0.6) is 0 Å². The van der Waals surface area contributed by atoms with Gasteiger partial charge in [0.05, 0.1) is 5.69 Å². The number of benzene rings is 1. The van der Waals surface area contributed by atoms with Crippen molar-refractivity contribution in [1.82, 2.24) is 14.5 Å². The van der Waals surface area contributed by atoms with Gasteiger partial charge in [-0.25, -0.2) is 18.7 Å². The maximum absolute atomic E-state index is 13.5. The van der Waals surface area contributed by atoms with E-state index in [1.54, 1.807) is 35.4 Å². The van der Waals surface area contributed by atoms with Gasteiger partial charge in [-0.2, -0.15) is 0 Å². The zero-order valence-corrected chi connectivity index (χ0v) is 11.2. The van der Waals surface area contributed by atoms with Crippen LogP contribution in [-0.4, -0.2) is 20.4 Å². The Morgan fingerprint density at radius 1 is 1.18 bits per heavy atom. The predicted octanol–water partition coefficient (Wildman–Crippen LogP) is 2.80. The molecule has 0 atom stereocenters. The van der Waals surface area contributed by atoms with Crippen molar-refractivity contribution in [3.63, 3.8) is 0 Å². The number of nitrogens with zero attached hydrogens (tertiary/aromatic N) is 3. The van der Waals surface area contributed by atoms with Crippen molar-refractivity contribution in [3.8, 4) is 5.82 Å². The van der Waals surface area contributed by atoms with Gasteiger partial charge in [-0.05, 0) is 24.3 Å². The van der Waals surface area contributed by atoms with Gasteiger partial charge < -0.3 is 5.32 Å². The molecule has 5 nitrogen and oxygen atoms in total. The molecular formula is C15H10F2N4O. The Morgan fingerprint density at radius 2 is 2.05 bits per heavy atom. The van der Waals surface area contributed by atoms with E-state index >= 15 is 0 Å². The van der Waals surface area contributed by atoms with Gasteiger partial charge in [-0.15, -0.1) is 0 Å². The van der Waals surface area contributed by atoms with Gasteiger partial charge in [-0.3, -0.25) is 9.36 Å². The minimum absolute atomic E-state index is 0.106. The summed E-state index contributed by atoms with van der Waals surface area (Å²) in [7, 11) is 0. The predicted molar refractivity (Wildman–Crippen MR) is 75.7 cm³/mol. The molecule has 22 heavy (non-hydrogen) atoms. The minimum atomic E-state index is -0.848. The number of anilines is 1. The van der Waals surface area contributed by atoms with Crippen molar-refractivity contribution in [1.29, 1.82) is 0 Å². The lowest BCUT2D eigenvalue weighted by atomic mass is 10.2. The molecule has 2 aromatic heterocycles. The molecule has 0 radical (unpaired) electrons. The molecule has 0 bridgehead atoms. The van der Waals surface area contributed by atoms with E-state index in [1.807, 2.05) is 0 Å². The summed E-state index contributed by atoms with van der Waals surface area (Å²) < 4.78 is 28.0. The summed E-state index contributed by atoms with van der Waals surface area (Å²) >= 11 is 0. The molecule has 1 amide bonds. The molecule has 110 valence electrons. The van der Waals surface area contributed by atoms with Crippen LogP contribution in [0.4, 0.5) is 14.5 Å². The molecule has 0 saturated heterocycles. The average molecular weight is 300 g/mol. The van der Waals surface area contributed by atoms with Gasteiger partial charge >= 0.3 is 0 Å². The third-order valence-corrected chi connectivity index (χ3v) is 2.92. The maximum Gasteiger partial charge on any atom is 0.274 e. The van der Waals surface area contributed by atoms with Gasteiger partial charge in [-0.1, -0.05) is 6.07 Å². The summed E-state index contributed by atoms with van der Waals surface area (Å²) in [6.07, 6.45) is 4.82.